The maximum atomic E-state index is 12.5. The molecular weight excluding hydrogens is 322 g/mol. The summed E-state index contributed by atoms with van der Waals surface area (Å²) in [7, 11) is 1.32. The third kappa shape index (κ3) is 3.83. The molecule has 2 N–H and O–H groups in total. The molecule has 0 radical (unpaired) electrons. The van der Waals surface area contributed by atoms with Gasteiger partial charge in [-0.1, -0.05) is 18.2 Å². The molecule has 1 aliphatic heterocycles. The van der Waals surface area contributed by atoms with Crippen molar-refractivity contribution in [2.75, 3.05) is 32.1 Å². The lowest BCUT2D eigenvalue weighted by molar-refractivity contribution is -0.121. The molecule has 3 rings (SSSR count). The van der Waals surface area contributed by atoms with Gasteiger partial charge in [-0.25, -0.2) is 4.79 Å². The molecule has 7 heteroatoms. The van der Waals surface area contributed by atoms with Crippen LogP contribution in [0.3, 0.4) is 0 Å². The third-order valence-electron chi connectivity index (χ3n) is 4.22. The molecule has 0 bridgehead atoms. The molecule has 25 heavy (non-hydrogen) atoms. The molecule has 2 aromatic rings. The quantitative estimate of drug-likeness (QED) is 0.828. The number of esters is 1. The highest BCUT2D eigenvalue weighted by molar-refractivity contribution is 6.11. The summed E-state index contributed by atoms with van der Waals surface area (Å²) in [4.78, 5) is 29.6. The van der Waals surface area contributed by atoms with Crippen molar-refractivity contribution in [3.05, 3.63) is 30.0 Å². The van der Waals surface area contributed by atoms with Gasteiger partial charge in [0.15, 0.2) is 0 Å². The number of aromatic amines is 1. The van der Waals surface area contributed by atoms with Gasteiger partial charge in [0.1, 0.15) is 5.69 Å². The highest BCUT2D eigenvalue weighted by Gasteiger charge is 2.25. The first kappa shape index (κ1) is 17.4. The Morgan fingerprint density at radius 3 is 2.64 bits per heavy atom. The number of hydrogen-bond acceptors (Lipinski definition) is 5. The smallest absolute Gasteiger partial charge is 0.356 e. The van der Waals surface area contributed by atoms with E-state index in [-0.39, 0.29) is 30.4 Å². The number of nitrogens with one attached hydrogen (secondary N) is 2. The van der Waals surface area contributed by atoms with E-state index < -0.39 is 5.97 Å². The number of morpholine rings is 1. The van der Waals surface area contributed by atoms with Crippen molar-refractivity contribution >= 4 is 28.5 Å². The van der Waals surface area contributed by atoms with E-state index in [2.05, 4.69) is 15.2 Å². The number of fused-ring (bicyclic) bond motifs is 1. The van der Waals surface area contributed by atoms with Crippen LogP contribution < -0.4 is 5.32 Å². The minimum absolute atomic E-state index is 0.0928. The minimum Gasteiger partial charge on any atom is -0.464 e. The van der Waals surface area contributed by atoms with Crippen molar-refractivity contribution in [1.82, 2.24) is 9.88 Å². The lowest BCUT2D eigenvalue weighted by Crippen LogP contribution is -2.48. The Labute approximate surface area is 146 Å². The Hall–Kier alpha value is -2.38. The number of nitrogens with zero attached hydrogens (tertiary/aromatic N) is 1. The number of carbonyl (C=O) groups excluding carboxylic acids is 2. The summed E-state index contributed by atoms with van der Waals surface area (Å²) in [6.45, 7) is 5.65. The van der Waals surface area contributed by atoms with Crippen LogP contribution in [0.25, 0.3) is 10.9 Å². The maximum absolute atomic E-state index is 12.5. The van der Waals surface area contributed by atoms with Crippen LogP contribution in [0, 0.1) is 0 Å². The summed E-state index contributed by atoms with van der Waals surface area (Å²) < 4.78 is 10.5. The number of rotatable bonds is 4. The van der Waals surface area contributed by atoms with Gasteiger partial charge >= 0.3 is 5.97 Å². The number of ether oxygens (including phenoxy) is 2. The van der Waals surface area contributed by atoms with Crippen molar-refractivity contribution in [2.24, 2.45) is 0 Å². The molecule has 1 aliphatic rings. The monoisotopic (exact) mass is 345 g/mol. The largest absolute Gasteiger partial charge is 0.464 e. The molecule has 1 aromatic heterocycles. The zero-order chi connectivity index (χ0) is 18.0. The SMILES string of the molecule is COC(=O)c1[nH]c2ccccc2c1NC(=O)CN1C[C@@H](C)O[C@H](C)C1. The van der Waals surface area contributed by atoms with Crippen LogP contribution in [0.1, 0.15) is 24.3 Å². The number of methoxy groups -OCH3 is 1. The van der Waals surface area contributed by atoms with E-state index in [0.29, 0.717) is 18.8 Å². The summed E-state index contributed by atoms with van der Waals surface area (Å²) in [5, 5.41) is 3.65. The second-order valence-electron chi connectivity index (χ2n) is 6.41. The second-order valence-corrected chi connectivity index (χ2v) is 6.41. The van der Waals surface area contributed by atoms with Crippen LogP contribution in [0.2, 0.25) is 0 Å². The fourth-order valence-electron chi connectivity index (χ4n) is 3.32. The fourth-order valence-corrected chi connectivity index (χ4v) is 3.32. The van der Waals surface area contributed by atoms with E-state index in [9.17, 15) is 9.59 Å². The van der Waals surface area contributed by atoms with Crippen LogP contribution in [0.5, 0.6) is 0 Å². The van der Waals surface area contributed by atoms with Crippen molar-refractivity contribution in [1.29, 1.82) is 0 Å². The number of H-pyrrole nitrogens is 1. The van der Waals surface area contributed by atoms with E-state index in [1.807, 2.05) is 38.1 Å². The average molecular weight is 345 g/mol. The Bertz CT molecular complexity index is 776. The number of amides is 1. The molecule has 2 atom stereocenters. The Morgan fingerprint density at radius 1 is 1.28 bits per heavy atom. The van der Waals surface area contributed by atoms with Gasteiger partial charge in [-0.2, -0.15) is 0 Å². The van der Waals surface area contributed by atoms with Gasteiger partial charge in [-0.3, -0.25) is 9.69 Å². The van der Waals surface area contributed by atoms with Gasteiger partial charge in [-0.15, -0.1) is 0 Å². The van der Waals surface area contributed by atoms with Gasteiger partial charge in [0.25, 0.3) is 0 Å². The molecule has 0 spiro atoms. The number of aromatic nitrogens is 1. The predicted molar refractivity (Wildman–Crippen MR) is 94.7 cm³/mol. The zero-order valence-corrected chi connectivity index (χ0v) is 14.7. The Morgan fingerprint density at radius 2 is 1.96 bits per heavy atom. The minimum atomic E-state index is -0.514. The lowest BCUT2D eigenvalue weighted by atomic mass is 10.2. The van der Waals surface area contributed by atoms with Gasteiger partial charge in [0.2, 0.25) is 5.91 Å². The van der Waals surface area contributed by atoms with Crippen LogP contribution >= 0.6 is 0 Å². The Balaban J connectivity index is 1.79. The number of benzene rings is 1. The van der Waals surface area contributed by atoms with Gasteiger partial charge < -0.3 is 19.8 Å². The highest BCUT2D eigenvalue weighted by atomic mass is 16.5. The first-order valence-corrected chi connectivity index (χ1v) is 8.34. The average Bonchev–Trinajstić information content (AvgIpc) is 2.92. The summed E-state index contributed by atoms with van der Waals surface area (Å²) in [6, 6.07) is 7.43. The fraction of sp³-hybridized carbons (Fsp3) is 0.444. The Kier molecular flexibility index (Phi) is 5.06. The topological polar surface area (TPSA) is 83.7 Å². The number of anilines is 1. The van der Waals surface area contributed by atoms with E-state index >= 15 is 0 Å². The predicted octanol–water partition coefficient (Wildman–Crippen LogP) is 2.00. The molecule has 1 aromatic carbocycles. The summed E-state index contributed by atoms with van der Waals surface area (Å²) in [5.41, 5.74) is 1.48. The van der Waals surface area contributed by atoms with E-state index in [1.165, 1.54) is 7.11 Å². The molecule has 134 valence electrons. The maximum Gasteiger partial charge on any atom is 0.356 e. The first-order valence-electron chi connectivity index (χ1n) is 8.34. The molecule has 0 unspecified atom stereocenters. The van der Waals surface area contributed by atoms with Gasteiger partial charge in [0, 0.05) is 24.0 Å². The number of para-hydroxylation sites is 1. The summed E-state index contributed by atoms with van der Waals surface area (Å²) >= 11 is 0. The van der Waals surface area contributed by atoms with E-state index in [4.69, 9.17) is 9.47 Å². The molecular formula is C18H23N3O4. The third-order valence-corrected chi connectivity index (χ3v) is 4.22. The molecule has 2 heterocycles. The van der Waals surface area contributed by atoms with Crippen molar-refractivity contribution < 1.29 is 19.1 Å². The second kappa shape index (κ2) is 7.25. The van der Waals surface area contributed by atoms with Crippen LogP contribution in [-0.2, 0) is 14.3 Å². The normalized spacial score (nSPS) is 21.2. The lowest BCUT2D eigenvalue weighted by Gasteiger charge is -2.34. The van der Waals surface area contributed by atoms with Gasteiger partial charge in [0.05, 0.1) is 31.5 Å². The van der Waals surface area contributed by atoms with E-state index in [1.54, 1.807) is 0 Å². The van der Waals surface area contributed by atoms with E-state index in [0.717, 1.165) is 10.9 Å². The summed E-state index contributed by atoms with van der Waals surface area (Å²) in [6.07, 6.45) is 0.186. The molecule has 7 nitrogen and oxygen atoms in total. The van der Waals surface area contributed by atoms with Gasteiger partial charge in [-0.05, 0) is 19.9 Å². The zero-order valence-electron chi connectivity index (χ0n) is 14.7. The molecule has 1 saturated heterocycles. The molecule has 1 fully saturated rings. The number of carbonyl (C=O) groups is 2. The molecule has 0 aliphatic carbocycles. The van der Waals surface area contributed by atoms with Crippen LogP contribution in [0.4, 0.5) is 5.69 Å². The standard InChI is InChI=1S/C18H23N3O4/c1-11-8-21(9-12(2)25-11)10-15(22)20-16-13-6-4-5-7-14(13)19-17(16)18(23)24-3/h4-7,11-12,19H,8-10H2,1-3H3,(H,20,22)/t11-,12-/m1/s1. The van der Waals surface area contributed by atoms with Crippen LogP contribution in [0.15, 0.2) is 24.3 Å². The van der Waals surface area contributed by atoms with Crippen molar-refractivity contribution in [2.45, 2.75) is 26.1 Å². The first-order chi connectivity index (χ1) is 12.0. The highest BCUT2D eigenvalue weighted by Crippen LogP contribution is 2.28. The summed E-state index contributed by atoms with van der Waals surface area (Å²) in [5.74, 6) is -0.684. The molecule has 1 amide bonds. The van der Waals surface area contributed by atoms with Crippen molar-refractivity contribution in [3.63, 3.8) is 0 Å². The molecule has 0 saturated carbocycles. The number of hydrogen-bond donors (Lipinski definition) is 2. The van der Waals surface area contributed by atoms with Crippen molar-refractivity contribution in [3.8, 4) is 0 Å². The van der Waals surface area contributed by atoms with Crippen LogP contribution in [-0.4, -0.2) is 60.7 Å².